The molecule has 1 aromatic rings. The van der Waals surface area contributed by atoms with Crippen molar-refractivity contribution in [2.75, 3.05) is 18.1 Å². The van der Waals surface area contributed by atoms with E-state index in [1.165, 1.54) is 5.56 Å². The third kappa shape index (κ3) is 4.92. The molecule has 0 bridgehead atoms. The minimum absolute atomic E-state index is 0.137. The van der Waals surface area contributed by atoms with Crippen LogP contribution >= 0.6 is 11.8 Å². The van der Waals surface area contributed by atoms with E-state index in [-0.39, 0.29) is 11.4 Å². The third-order valence-corrected chi connectivity index (χ3v) is 5.17. The topological polar surface area (TPSA) is 61.4 Å². The summed E-state index contributed by atoms with van der Waals surface area (Å²) in [5, 5.41) is 15.8. The van der Waals surface area contributed by atoms with Crippen molar-refractivity contribution in [2.24, 2.45) is 0 Å². The summed E-state index contributed by atoms with van der Waals surface area (Å²) < 4.78 is 0. The van der Waals surface area contributed by atoms with Gasteiger partial charge in [0.15, 0.2) is 0 Å². The number of nitrogens with one attached hydrogen (secondary N) is 2. The Kier molecular flexibility index (Phi) is 5.40. The average molecular weight is 322 g/mol. The molecule has 0 aromatic heterocycles. The second-order valence-corrected chi connectivity index (χ2v) is 8.12. The van der Waals surface area contributed by atoms with Crippen LogP contribution in [0.25, 0.3) is 0 Å². The van der Waals surface area contributed by atoms with Crippen molar-refractivity contribution in [3.8, 4) is 0 Å². The fourth-order valence-corrected chi connectivity index (χ4v) is 3.64. The summed E-state index contributed by atoms with van der Waals surface area (Å²) in [4.78, 5) is 11.8. The number of aliphatic hydroxyl groups is 1. The van der Waals surface area contributed by atoms with E-state index in [9.17, 15) is 9.90 Å². The number of hydrogen-bond acceptors (Lipinski definition) is 3. The Bertz CT molecular complexity index is 502. The summed E-state index contributed by atoms with van der Waals surface area (Å²) in [7, 11) is 0. The predicted molar refractivity (Wildman–Crippen MR) is 92.3 cm³/mol. The molecule has 4 nitrogen and oxygen atoms in total. The molecule has 122 valence electrons. The van der Waals surface area contributed by atoms with Gasteiger partial charge in [-0.15, -0.1) is 0 Å². The highest BCUT2D eigenvalue weighted by molar-refractivity contribution is 7.99. The SMILES string of the molecule is CC(C)(C)c1ccc(CNC(=O)NCC2(O)CCSC2)cc1. The van der Waals surface area contributed by atoms with E-state index in [2.05, 4.69) is 43.5 Å². The van der Waals surface area contributed by atoms with Crippen LogP contribution in [-0.2, 0) is 12.0 Å². The Hall–Kier alpha value is -1.20. The van der Waals surface area contributed by atoms with E-state index in [0.29, 0.717) is 18.8 Å². The van der Waals surface area contributed by atoms with Gasteiger partial charge in [0.2, 0.25) is 0 Å². The number of urea groups is 1. The minimum atomic E-state index is -0.740. The van der Waals surface area contributed by atoms with Crippen molar-refractivity contribution >= 4 is 17.8 Å². The first kappa shape index (κ1) is 17.2. The Morgan fingerprint density at radius 3 is 2.50 bits per heavy atom. The van der Waals surface area contributed by atoms with Gasteiger partial charge in [0, 0.05) is 18.8 Å². The van der Waals surface area contributed by atoms with Crippen LogP contribution in [0.4, 0.5) is 4.79 Å². The fraction of sp³-hybridized carbons (Fsp3) is 0.588. The monoisotopic (exact) mass is 322 g/mol. The Morgan fingerprint density at radius 1 is 1.27 bits per heavy atom. The summed E-state index contributed by atoms with van der Waals surface area (Å²) in [6, 6.07) is 8.07. The lowest BCUT2D eigenvalue weighted by Gasteiger charge is -2.21. The number of carbonyl (C=O) groups excluding carboxylic acids is 1. The Labute approximate surface area is 137 Å². The van der Waals surface area contributed by atoms with E-state index in [0.717, 1.165) is 17.7 Å². The molecule has 1 saturated heterocycles. The first-order chi connectivity index (χ1) is 10.3. The van der Waals surface area contributed by atoms with Gasteiger partial charge in [-0.2, -0.15) is 11.8 Å². The van der Waals surface area contributed by atoms with Gasteiger partial charge in [-0.1, -0.05) is 45.0 Å². The minimum Gasteiger partial charge on any atom is -0.387 e. The van der Waals surface area contributed by atoms with Crippen LogP contribution in [0.5, 0.6) is 0 Å². The second-order valence-electron chi connectivity index (χ2n) is 7.01. The molecular formula is C17H26N2O2S. The summed E-state index contributed by atoms with van der Waals surface area (Å²) in [5.41, 5.74) is 1.74. The molecule has 1 aliphatic heterocycles. The highest BCUT2D eigenvalue weighted by Gasteiger charge is 2.31. The molecule has 1 unspecified atom stereocenters. The van der Waals surface area contributed by atoms with Gasteiger partial charge in [-0.25, -0.2) is 4.79 Å². The Balaban J connectivity index is 1.76. The molecule has 1 heterocycles. The van der Waals surface area contributed by atoms with Gasteiger partial charge < -0.3 is 15.7 Å². The first-order valence-corrected chi connectivity index (χ1v) is 8.85. The second kappa shape index (κ2) is 6.92. The van der Waals surface area contributed by atoms with Crippen molar-refractivity contribution in [3.05, 3.63) is 35.4 Å². The molecule has 0 spiro atoms. The molecule has 1 atom stereocenters. The standard InChI is InChI=1S/C17H26N2O2S/c1-16(2,3)14-6-4-13(5-7-14)10-18-15(20)19-11-17(21)8-9-22-12-17/h4-7,21H,8-12H2,1-3H3,(H2,18,19,20). The van der Waals surface area contributed by atoms with Gasteiger partial charge in [0.25, 0.3) is 0 Å². The predicted octanol–water partition coefficient (Wildman–Crippen LogP) is 2.65. The molecule has 0 radical (unpaired) electrons. The average Bonchev–Trinajstić information content (AvgIpc) is 2.90. The van der Waals surface area contributed by atoms with Crippen molar-refractivity contribution in [2.45, 2.75) is 44.8 Å². The van der Waals surface area contributed by atoms with E-state index in [4.69, 9.17) is 0 Å². The molecule has 0 aliphatic carbocycles. The summed E-state index contributed by atoms with van der Waals surface area (Å²) in [6.07, 6.45) is 0.742. The smallest absolute Gasteiger partial charge is 0.315 e. The highest BCUT2D eigenvalue weighted by atomic mass is 32.2. The zero-order chi connectivity index (χ0) is 16.2. The van der Waals surface area contributed by atoms with Crippen molar-refractivity contribution in [1.29, 1.82) is 0 Å². The Morgan fingerprint density at radius 2 is 1.95 bits per heavy atom. The number of thioether (sulfide) groups is 1. The number of hydrogen-bond donors (Lipinski definition) is 3. The molecular weight excluding hydrogens is 296 g/mol. The number of carbonyl (C=O) groups is 1. The van der Waals surface area contributed by atoms with Crippen LogP contribution in [0.2, 0.25) is 0 Å². The van der Waals surface area contributed by atoms with E-state index < -0.39 is 5.60 Å². The van der Waals surface area contributed by atoms with Crippen LogP contribution in [-0.4, -0.2) is 34.8 Å². The van der Waals surface area contributed by atoms with Gasteiger partial charge >= 0.3 is 6.03 Å². The molecule has 1 aromatic carbocycles. The lowest BCUT2D eigenvalue weighted by molar-refractivity contribution is 0.0700. The van der Waals surface area contributed by atoms with E-state index in [1.807, 2.05) is 12.1 Å². The number of rotatable bonds is 4. The normalized spacial score (nSPS) is 21.6. The van der Waals surface area contributed by atoms with E-state index >= 15 is 0 Å². The molecule has 22 heavy (non-hydrogen) atoms. The van der Waals surface area contributed by atoms with Crippen molar-refractivity contribution < 1.29 is 9.90 Å². The maximum Gasteiger partial charge on any atom is 0.315 e. The zero-order valence-corrected chi connectivity index (χ0v) is 14.4. The lowest BCUT2D eigenvalue weighted by Crippen LogP contribution is -2.46. The fourth-order valence-electron chi connectivity index (χ4n) is 2.35. The maximum absolute atomic E-state index is 11.8. The van der Waals surface area contributed by atoms with Crippen molar-refractivity contribution in [1.82, 2.24) is 10.6 Å². The number of amides is 2. The third-order valence-electron chi connectivity index (χ3n) is 3.93. The lowest BCUT2D eigenvalue weighted by atomic mass is 9.87. The maximum atomic E-state index is 11.8. The summed E-state index contributed by atoms with van der Waals surface area (Å²) in [5.74, 6) is 1.65. The molecule has 2 amide bonds. The molecule has 3 N–H and O–H groups in total. The van der Waals surface area contributed by atoms with Gasteiger partial charge in [-0.05, 0) is 28.7 Å². The van der Waals surface area contributed by atoms with Crippen LogP contribution in [0, 0.1) is 0 Å². The van der Waals surface area contributed by atoms with Gasteiger partial charge in [-0.3, -0.25) is 0 Å². The largest absolute Gasteiger partial charge is 0.387 e. The van der Waals surface area contributed by atoms with Crippen LogP contribution in [0.15, 0.2) is 24.3 Å². The quantitative estimate of drug-likeness (QED) is 0.798. The molecule has 2 rings (SSSR count). The zero-order valence-electron chi connectivity index (χ0n) is 13.6. The summed E-state index contributed by atoms with van der Waals surface area (Å²) in [6.45, 7) is 7.34. The molecule has 1 fully saturated rings. The van der Waals surface area contributed by atoms with Crippen LogP contribution < -0.4 is 10.6 Å². The van der Waals surface area contributed by atoms with Gasteiger partial charge in [0.1, 0.15) is 0 Å². The molecule has 1 aliphatic rings. The van der Waals surface area contributed by atoms with E-state index in [1.54, 1.807) is 11.8 Å². The first-order valence-electron chi connectivity index (χ1n) is 7.70. The molecule has 5 heteroatoms. The summed E-state index contributed by atoms with van der Waals surface area (Å²) >= 11 is 1.72. The molecule has 0 saturated carbocycles. The van der Waals surface area contributed by atoms with Crippen LogP contribution in [0.1, 0.15) is 38.3 Å². The van der Waals surface area contributed by atoms with Gasteiger partial charge in [0.05, 0.1) is 5.60 Å². The van der Waals surface area contributed by atoms with Crippen molar-refractivity contribution in [3.63, 3.8) is 0 Å². The number of benzene rings is 1. The van der Waals surface area contributed by atoms with Crippen LogP contribution in [0.3, 0.4) is 0 Å². The highest BCUT2D eigenvalue weighted by Crippen LogP contribution is 2.26.